The standard InChI is InChI=1S/C18H18BrN3O2/c19-13-3-1-2-12(7-13)18(8-15(23)9-18)17(24)21-14-4-5-16-11(6-14)10-20-22-16/h1-3,7,10,14H,4-6,8-9H2,(H,20,22)(H,21,24). The van der Waals surface area contributed by atoms with Gasteiger partial charge in [-0.3, -0.25) is 14.7 Å². The fourth-order valence-corrected chi connectivity index (χ4v) is 4.17. The molecule has 2 aliphatic carbocycles. The predicted octanol–water partition coefficient (Wildman–Crippen LogP) is 2.45. The van der Waals surface area contributed by atoms with E-state index >= 15 is 0 Å². The highest BCUT2D eigenvalue weighted by atomic mass is 79.9. The van der Waals surface area contributed by atoms with Gasteiger partial charge < -0.3 is 5.32 Å². The molecule has 1 heterocycles. The first-order valence-electron chi connectivity index (χ1n) is 8.17. The van der Waals surface area contributed by atoms with E-state index < -0.39 is 5.41 Å². The van der Waals surface area contributed by atoms with E-state index in [1.54, 1.807) is 0 Å². The van der Waals surface area contributed by atoms with Crippen LogP contribution in [0.3, 0.4) is 0 Å². The minimum Gasteiger partial charge on any atom is -0.352 e. The number of nitrogens with zero attached hydrogens (tertiary/aromatic N) is 1. The molecule has 0 aliphatic heterocycles. The number of amides is 1. The Hall–Kier alpha value is -1.95. The summed E-state index contributed by atoms with van der Waals surface area (Å²) in [6.45, 7) is 0. The average Bonchev–Trinajstić information content (AvgIpc) is 2.99. The van der Waals surface area contributed by atoms with E-state index in [1.165, 1.54) is 11.3 Å². The molecule has 124 valence electrons. The van der Waals surface area contributed by atoms with Crippen molar-refractivity contribution in [1.82, 2.24) is 15.5 Å². The Morgan fingerprint density at radius 1 is 1.38 bits per heavy atom. The highest BCUT2D eigenvalue weighted by molar-refractivity contribution is 9.10. The molecule has 0 radical (unpaired) electrons. The normalized spacial score (nSPS) is 21.7. The lowest BCUT2D eigenvalue weighted by atomic mass is 9.63. The number of benzene rings is 1. The van der Waals surface area contributed by atoms with Crippen LogP contribution in [-0.2, 0) is 27.8 Å². The third-order valence-corrected chi connectivity index (χ3v) is 5.65. The second kappa shape index (κ2) is 5.84. The molecule has 0 spiro atoms. The van der Waals surface area contributed by atoms with E-state index in [9.17, 15) is 9.59 Å². The molecular formula is C18H18BrN3O2. The molecule has 2 N–H and O–H groups in total. The maximum Gasteiger partial charge on any atom is 0.231 e. The van der Waals surface area contributed by atoms with Gasteiger partial charge in [0.15, 0.2) is 0 Å². The number of fused-ring (bicyclic) bond motifs is 1. The van der Waals surface area contributed by atoms with Gasteiger partial charge in [-0.2, -0.15) is 5.10 Å². The molecule has 2 aliphatic rings. The summed E-state index contributed by atoms with van der Waals surface area (Å²) in [6, 6.07) is 7.82. The van der Waals surface area contributed by atoms with Gasteiger partial charge in [0.25, 0.3) is 0 Å². The smallest absolute Gasteiger partial charge is 0.231 e. The number of carbonyl (C=O) groups is 2. The van der Waals surface area contributed by atoms with E-state index in [4.69, 9.17) is 0 Å². The van der Waals surface area contributed by atoms with Gasteiger partial charge >= 0.3 is 0 Å². The molecular weight excluding hydrogens is 370 g/mol. The maximum atomic E-state index is 13.0. The Morgan fingerprint density at radius 3 is 2.96 bits per heavy atom. The van der Waals surface area contributed by atoms with E-state index in [2.05, 4.69) is 31.4 Å². The van der Waals surface area contributed by atoms with E-state index in [1.807, 2.05) is 30.5 Å². The summed E-state index contributed by atoms with van der Waals surface area (Å²) in [5.74, 6) is 0.114. The number of hydrogen-bond donors (Lipinski definition) is 2. The molecule has 6 heteroatoms. The first-order chi connectivity index (χ1) is 11.6. The van der Waals surface area contributed by atoms with Crippen LogP contribution < -0.4 is 5.32 Å². The first kappa shape index (κ1) is 15.6. The number of aromatic nitrogens is 2. The van der Waals surface area contributed by atoms with Crippen LogP contribution in [0, 0.1) is 0 Å². The minimum absolute atomic E-state index is 0.0304. The topological polar surface area (TPSA) is 74.8 Å². The third-order valence-electron chi connectivity index (χ3n) is 5.16. The Labute approximate surface area is 148 Å². The molecule has 24 heavy (non-hydrogen) atoms. The van der Waals surface area contributed by atoms with Crippen LogP contribution in [-0.4, -0.2) is 27.9 Å². The monoisotopic (exact) mass is 387 g/mol. The number of hydrogen-bond acceptors (Lipinski definition) is 3. The van der Waals surface area contributed by atoms with E-state index in [0.717, 1.165) is 29.3 Å². The molecule has 1 saturated carbocycles. The highest BCUT2D eigenvalue weighted by Gasteiger charge is 2.51. The number of carbonyl (C=O) groups excluding carboxylic acids is 2. The summed E-state index contributed by atoms with van der Waals surface area (Å²) >= 11 is 3.46. The molecule has 4 rings (SSSR count). The van der Waals surface area contributed by atoms with Crippen molar-refractivity contribution in [2.75, 3.05) is 0 Å². The summed E-state index contributed by atoms with van der Waals surface area (Å²) in [5, 5.41) is 10.3. The molecule has 1 amide bonds. The quantitative estimate of drug-likeness (QED) is 0.848. The van der Waals surface area contributed by atoms with Crippen LogP contribution in [0.5, 0.6) is 0 Å². The number of rotatable bonds is 3. The van der Waals surface area contributed by atoms with Crippen molar-refractivity contribution in [3.63, 3.8) is 0 Å². The molecule has 0 bridgehead atoms. The van der Waals surface area contributed by atoms with Crippen LogP contribution in [0.4, 0.5) is 0 Å². The van der Waals surface area contributed by atoms with Crippen LogP contribution in [0.25, 0.3) is 0 Å². The summed E-state index contributed by atoms with van der Waals surface area (Å²) < 4.78 is 0.923. The van der Waals surface area contributed by atoms with Crippen LogP contribution in [0.15, 0.2) is 34.9 Å². The van der Waals surface area contributed by atoms with Crippen molar-refractivity contribution in [2.24, 2.45) is 0 Å². The molecule has 1 fully saturated rings. The third kappa shape index (κ3) is 2.59. The van der Waals surface area contributed by atoms with Gasteiger partial charge in [0.1, 0.15) is 5.78 Å². The Morgan fingerprint density at radius 2 is 2.21 bits per heavy atom. The van der Waals surface area contributed by atoms with Gasteiger partial charge in [-0.25, -0.2) is 0 Å². The number of ketones is 1. The van der Waals surface area contributed by atoms with Crippen LogP contribution in [0.1, 0.15) is 36.1 Å². The number of nitrogens with one attached hydrogen (secondary N) is 2. The largest absolute Gasteiger partial charge is 0.352 e. The van der Waals surface area contributed by atoms with Gasteiger partial charge in [-0.15, -0.1) is 0 Å². The lowest BCUT2D eigenvalue weighted by molar-refractivity contribution is -0.141. The Kier molecular flexibility index (Phi) is 3.79. The number of H-pyrrole nitrogens is 1. The summed E-state index contributed by atoms with van der Waals surface area (Å²) in [4.78, 5) is 24.7. The lowest BCUT2D eigenvalue weighted by Gasteiger charge is -2.40. The maximum absolute atomic E-state index is 13.0. The number of aromatic amines is 1. The highest BCUT2D eigenvalue weighted by Crippen LogP contribution is 2.42. The second-order valence-electron chi connectivity index (χ2n) is 6.77. The van der Waals surface area contributed by atoms with E-state index in [-0.39, 0.29) is 17.7 Å². The number of halogens is 1. The van der Waals surface area contributed by atoms with Crippen molar-refractivity contribution in [1.29, 1.82) is 0 Å². The second-order valence-corrected chi connectivity index (χ2v) is 7.69. The Bertz CT molecular complexity index is 806. The summed E-state index contributed by atoms with van der Waals surface area (Å²) in [6.07, 6.45) is 5.00. The lowest BCUT2D eigenvalue weighted by Crippen LogP contribution is -2.56. The summed E-state index contributed by atoms with van der Waals surface area (Å²) in [7, 11) is 0. The molecule has 2 aromatic rings. The van der Waals surface area contributed by atoms with Crippen molar-refractivity contribution in [3.05, 3.63) is 51.8 Å². The van der Waals surface area contributed by atoms with Gasteiger partial charge in [0, 0.05) is 29.1 Å². The van der Waals surface area contributed by atoms with Crippen molar-refractivity contribution >= 4 is 27.6 Å². The fraction of sp³-hybridized carbons (Fsp3) is 0.389. The van der Waals surface area contributed by atoms with Crippen LogP contribution >= 0.6 is 15.9 Å². The molecule has 5 nitrogen and oxygen atoms in total. The van der Waals surface area contributed by atoms with Gasteiger partial charge in [-0.1, -0.05) is 28.1 Å². The average molecular weight is 388 g/mol. The van der Waals surface area contributed by atoms with Crippen molar-refractivity contribution in [2.45, 2.75) is 43.6 Å². The molecule has 1 atom stereocenters. The van der Waals surface area contributed by atoms with Gasteiger partial charge in [0.05, 0.1) is 11.6 Å². The zero-order valence-corrected chi connectivity index (χ0v) is 14.7. The number of Topliss-reactive ketones (excluding diaryl/α,β-unsaturated/α-hetero) is 1. The zero-order chi connectivity index (χ0) is 16.7. The SMILES string of the molecule is O=C1CC(C(=O)NC2CCc3[nH]ncc3C2)(c2cccc(Br)c2)C1. The van der Waals surface area contributed by atoms with Gasteiger partial charge in [-0.05, 0) is 42.5 Å². The van der Waals surface area contributed by atoms with Crippen molar-refractivity contribution in [3.8, 4) is 0 Å². The predicted molar refractivity (Wildman–Crippen MR) is 92.6 cm³/mol. The molecule has 0 saturated heterocycles. The first-order valence-corrected chi connectivity index (χ1v) is 8.96. The molecule has 1 unspecified atom stereocenters. The molecule has 1 aromatic carbocycles. The van der Waals surface area contributed by atoms with E-state index in [0.29, 0.717) is 12.8 Å². The minimum atomic E-state index is -0.711. The Balaban J connectivity index is 1.54. The van der Waals surface area contributed by atoms with Crippen LogP contribution in [0.2, 0.25) is 0 Å². The van der Waals surface area contributed by atoms with Crippen molar-refractivity contribution < 1.29 is 9.59 Å². The molecule has 1 aromatic heterocycles. The zero-order valence-electron chi connectivity index (χ0n) is 13.1. The van der Waals surface area contributed by atoms with Gasteiger partial charge in [0.2, 0.25) is 5.91 Å². The number of aryl methyl sites for hydroxylation is 1. The summed E-state index contributed by atoms with van der Waals surface area (Å²) in [5.41, 5.74) is 2.54. The fourth-order valence-electron chi connectivity index (χ4n) is 3.77.